The number of hydrogen-bond acceptors (Lipinski definition) is 1. The first kappa shape index (κ1) is 12.6. The summed E-state index contributed by atoms with van der Waals surface area (Å²) >= 11 is 0. The molecule has 1 aromatic carbocycles. The molecule has 1 nitrogen and oxygen atoms in total. The van der Waals surface area contributed by atoms with Gasteiger partial charge in [0.05, 0.1) is 0 Å². The van der Waals surface area contributed by atoms with Crippen molar-refractivity contribution < 1.29 is 0 Å². The van der Waals surface area contributed by atoms with Crippen LogP contribution >= 0.6 is 0 Å². The summed E-state index contributed by atoms with van der Waals surface area (Å²) in [7, 11) is 0. The molecule has 1 heteroatoms. The minimum atomic E-state index is 0.590. The van der Waals surface area contributed by atoms with E-state index in [1.165, 1.54) is 37.8 Å². The van der Waals surface area contributed by atoms with E-state index in [1.54, 1.807) is 0 Å². The molecule has 1 aromatic rings. The Morgan fingerprint density at radius 2 is 1.94 bits per heavy atom. The molecule has 1 aliphatic carbocycles. The summed E-state index contributed by atoms with van der Waals surface area (Å²) in [5, 5.41) is 3.72. The lowest BCUT2D eigenvalue weighted by molar-refractivity contribution is 0.392. The SMILES string of the molecule is CCCC1(CNC(C)Cc2ccccc2)CC1. The van der Waals surface area contributed by atoms with E-state index >= 15 is 0 Å². The van der Waals surface area contributed by atoms with Crippen LogP contribution in [0.3, 0.4) is 0 Å². The number of nitrogens with one attached hydrogen (secondary N) is 1. The molecular weight excluding hydrogens is 206 g/mol. The molecular formula is C16H25N. The Balaban J connectivity index is 1.73. The monoisotopic (exact) mass is 231 g/mol. The zero-order valence-electron chi connectivity index (χ0n) is 11.2. The molecule has 1 aliphatic rings. The predicted molar refractivity (Wildman–Crippen MR) is 74.2 cm³/mol. The molecule has 94 valence electrons. The molecule has 0 radical (unpaired) electrons. The van der Waals surface area contributed by atoms with Crippen LogP contribution in [0.15, 0.2) is 30.3 Å². The maximum absolute atomic E-state index is 3.72. The molecule has 0 amide bonds. The average Bonchev–Trinajstić information content (AvgIpc) is 3.09. The van der Waals surface area contributed by atoms with Crippen LogP contribution in [0.2, 0.25) is 0 Å². The zero-order valence-corrected chi connectivity index (χ0v) is 11.2. The Morgan fingerprint density at radius 1 is 1.24 bits per heavy atom. The quantitative estimate of drug-likeness (QED) is 0.753. The second-order valence-electron chi connectivity index (χ2n) is 5.72. The van der Waals surface area contributed by atoms with Crippen molar-refractivity contribution in [1.82, 2.24) is 5.32 Å². The fraction of sp³-hybridized carbons (Fsp3) is 0.625. The molecule has 1 unspecified atom stereocenters. The van der Waals surface area contributed by atoms with Crippen molar-refractivity contribution in [3.8, 4) is 0 Å². The number of hydrogen-bond donors (Lipinski definition) is 1. The van der Waals surface area contributed by atoms with Crippen LogP contribution in [0.4, 0.5) is 0 Å². The van der Waals surface area contributed by atoms with Gasteiger partial charge in [-0.15, -0.1) is 0 Å². The van der Waals surface area contributed by atoms with E-state index in [1.807, 2.05) is 0 Å². The van der Waals surface area contributed by atoms with Gasteiger partial charge in [-0.05, 0) is 43.6 Å². The minimum absolute atomic E-state index is 0.590. The lowest BCUT2D eigenvalue weighted by Gasteiger charge is -2.19. The maximum atomic E-state index is 3.72. The molecule has 2 rings (SSSR count). The molecule has 0 aliphatic heterocycles. The van der Waals surface area contributed by atoms with Crippen LogP contribution < -0.4 is 5.32 Å². The van der Waals surface area contributed by atoms with Gasteiger partial charge in [0.15, 0.2) is 0 Å². The summed E-state index contributed by atoms with van der Waals surface area (Å²) in [5.41, 5.74) is 2.10. The van der Waals surface area contributed by atoms with Gasteiger partial charge >= 0.3 is 0 Å². The van der Waals surface area contributed by atoms with Crippen LogP contribution in [0.1, 0.15) is 45.1 Å². The molecule has 17 heavy (non-hydrogen) atoms. The fourth-order valence-electron chi connectivity index (χ4n) is 2.65. The third-order valence-corrected chi connectivity index (χ3v) is 3.95. The summed E-state index contributed by atoms with van der Waals surface area (Å²) in [6.45, 7) is 5.82. The second-order valence-corrected chi connectivity index (χ2v) is 5.72. The molecule has 1 saturated carbocycles. The Hall–Kier alpha value is -0.820. The molecule has 0 spiro atoms. The van der Waals surface area contributed by atoms with E-state index in [0.29, 0.717) is 11.5 Å². The minimum Gasteiger partial charge on any atom is -0.313 e. The van der Waals surface area contributed by atoms with Crippen LogP contribution in [0.5, 0.6) is 0 Å². The van der Waals surface area contributed by atoms with Crippen molar-refractivity contribution in [3.05, 3.63) is 35.9 Å². The van der Waals surface area contributed by atoms with E-state index in [4.69, 9.17) is 0 Å². The number of benzene rings is 1. The molecule has 1 atom stereocenters. The van der Waals surface area contributed by atoms with Crippen molar-refractivity contribution in [2.24, 2.45) is 5.41 Å². The summed E-state index contributed by atoms with van der Waals surface area (Å²) in [6, 6.07) is 11.4. The van der Waals surface area contributed by atoms with Crippen LogP contribution in [-0.4, -0.2) is 12.6 Å². The van der Waals surface area contributed by atoms with Gasteiger partial charge in [0, 0.05) is 12.6 Å². The number of rotatable bonds is 7. The molecule has 1 N–H and O–H groups in total. The normalized spacial score (nSPS) is 18.9. The topological polar surface area (TPSA) is 12.0 Å². The predicted octanol–water partition coefficient (Wildman–Crippen LogP) is 3.79. The first-order valence-electron chi connectivity index (χ1n) is 7.01. The lowest BCUT2D eigenvalue weighted by Crippen LogP contribution is -2.33. The maximum Gasteiger partial charge on any atom is 0.00793 e. The first-order valence-corrected chi connectivity index (χ1v) is 7.01. The first-order chi connectivity index (χ1) is 8.24. The van der Waals surface area contributed by atoms with Gasteiger partial charge in [0.25, 0.3) is 0 Å². The van der Waals surface area contributed by atoms with Crippen LogP contribution in [0.25, 0.3) is 0 Å². The van der Waals surface area contributed by atoms with E-state index in [0.717, 1.165) is 6.42 Å². The van der Waals surface area contributed by atoms with Gasteiger partial charge in [-0.25, -0.2) is 0 Å². The van der Waals surface area contributed by atoms with Crippen LogP contribution in [0, 0.1) is 5.41 Å². The van der Waals surface area contributed by atoms with Gasteiger partial charge in [-0.1, -0.05) is 43.7 Å². The summed E-state index contributed by atoms with van der Waals surface area (Å²) in [4.78, 5) is 0. The van der Waals surface area contributed by atoms with Gasteiger partial charge in [0.2, 0.25) is 0 Å². The Kier molecular flexibility index (Phi) is 4.22. The zero-order chi connectivity index (χ0) is 12.1. The highest BCUT2D eigenvalue weighted by molar-refractivity contribution is 5.15. The van der Waals surface area contributed by atoms with E-state index < -0.39 is 0 Å². The Labute approximate surface area is 106 Å². The fourth-order valence-corrected chi connectivity index (χ4v) is 2.65. The second kappa shape index (κ2) is 5.68. The van der Waals surface area contributed by atoms with Crippen LogP contribution in [-0.2, 0) is 6.42 Å². The Morgan fingerprint density at radius 3 is 2.53 bits per heavy atom. The lowest BCUT2D eigenvalue weighted by atomic mass is 9.99. The Bertz CT molecular complexity index is 327. The molecule has 0 aromatic heterocycles. The molecule has 0 heterocycles. The van der Waals surface area contributed by atoms with E-state index in [9.17, 15) is 0 Å². The van der Waals surface area contributed by atoms with Crippen molar-refractivity contribution in [3.63, 3.8) is 0 Å². The van der Waals surface area contributed by atoms with Crippen molar-refractivity contribution in [1.29, 1.82) is 0 Å². The van der Waals surface area contributed by atoms with Gasteiger partial charge in [-0.3, -0.25) is 0 Å². The van der Waals surface area contributed by atoms with Gasteiger partial charge in [-0.2, -0.15) is 0 Å². The highest BCUT2D eigenvalue weighted by Gasteiger charge is 2.40. The van der Waals surface area contributed by atoms with Crippen molar-refractivity contribution in [2.45, 2.75) is 52.0 Å². The highest BCUT2D eigenvalue weighted by atomic mass is 14.9. The van der Waals surface area contributed by atoms with Gasteiger partial charge in [0.1, 0.15) is 0 Å². The van der Waals surface area contributed by atoms with E-state index in [2.05, 4.69) is 49.5 Å². The summed E-state index contributed by atoms with van der Waals surface area (Å²) in [5.74, 6) is 0. The summed E-state index contributed by atoms with van der Waals surface area (Å²) in [6.07, 6.45) is 6.74. The molecule has 0 bridgehead atoms. The van der Waals surface area contributed by atoms with E-state index in [-0.39, 0.29) is 0 Å². The average molecular weight is 231 g/mol. The molecule has 0 saturated heterocycles. The third kappa shape index (κ3) is 3.85. The van der Waals surface area contributed by atoms with Crippen molar-refractivity contribution >= 4 is 0 Å². The largest absolute Gasteiger partial charge is 0.313 e. The van der Waals surface area contributed by atoms with Gasteiger partial charge < -0.3 is 5.32 Å². The smallest absolute Gasteiger partial charge is 0.00793 e. The highest BCUT2D eigenvalue weighted by Crippen LogP contribution is 2.48. The third-order valence-electron chi connectivity index (χ3n) is 3.95. The summed E-state index contributed by atoms with van der Waals surface area (Å²) < 4.78 is 0. The van der Waals surface area contributed by atoms with Crippen molar-refractivity contribution in [2.75, 3.05) is 6.54 Å². The molecule has 1 fully saturated rings. The standard InChI is InChI=1S/C16H25N/c1-3-9-16(10-11-16)13-17-14(2)12-15-7-5-4-6-8-15/h4-8,14,17H,3,9-13H2,1-2H3.